The van der Waals surface area contributed by atoms with Gasteiger partial charge in [-0.3, -0.25) is 4.79 Å². The van der Waals surface area contributed by atoms with E-state index in [1.165, 1.54) is 0 Å². The standard InChI is InChI=1S/C11H19F3N2O2/c1-8(6-18-7-11(12,13)14)16-10(17)9-4-2-3-5-15-9/h8-9,15H,2-7H2,1H3,(H,16,17)/t8?,9-/m0/s1. The molecule has 1 fully saturated rings. The van der Waals surface area contributed by atoms with Gasteiger partial charge in [0.25, 0.3) is 0 Å². The summed E-state index contributed by atoms with van der Waals surface area (Å²) in [5, 5.41) is 5.71. The van der Waals surface area contributed by atoms with Gasteiger partial charge in [-0.1, -0.05) is 6.42 Å². The zero-order valence-electron chi connectivity index (χ0n) is 10.3. The maximum Gasteiger partial charge on any atom is 0.411 e. The van der Waals surface area contributed by atoms with Crippen LogP contribution in [0.1, 0.15) is 26.2 Å². The Balaban J connectivity index is 2.18. The summed E-state index contributed by atoms with van der Waals surface area (Å²) < 4.78 is 40.0. The van der Waals surface area contributed by atoms with Gasteiger partial charge in [0, 0.05) is 6.04 Å². The van der Waals surface area contributed by atoms with Gasteiger partial charge in [0.15, 0.2) is 0 Å². The summed E-state index contributed by atoms with van der Waals surface area (Å²) in [6, 6.07) is -0.660. The third-order valence-electron chi connectivity index (χ3n) is 2.65. The molecule has 1 aliphatic rings. The molecule has 4 nitrogen and oxygen atoms in total. The molecule has 7 heteroatoms. The molecule has 0 saturated carbocycles. The van der Waals surface area contributed by atoms with Gasteiger partial charge in [-0.15, -0.1) is 0 Å². The average Bonchev–Trinajstić information content (AvgIpc) is 2.28. The smallest absolute Gasteiger partial charge is 0.370 e. The number of ether oxygens (including phenoxy) is 1. The van der Waals surface area contributed by atoms with E-state index in [-0.39, 0.29) is 18.6 Å². The minimum absolute atomic E-state index is 0.141. The van der Waals surface area contributed by atoms with Crippen LogP contribution in [0.4, 0.5) is 13.2 Å². The van der Waals surface area contributed by atoms with Crippen molar-refractivity contribution in [3.63, 3.8) is 0 Å². The predicted molar refractivity (Wildman–Crippen MR) is 60.1 cm³/mol. The maximum absolute atomic E-state index is 11.8. The Bertz CT molecular complexity index is 266. The van der Waals surface area contributed by atoms with E-state index in [4.69, 9.17) is 0 Å². The van der Waals surface area contributed by atoms with Crippen LogP contribution in [0, 0.1) is 0 Å². The van der Waals surface area contributed by atoms with E-state index in [2.05, 4.69) is 15.4 Å². The molecule has 106 valence electrons. The summed E-state index contributed by atoms with van der Waals surface area (Å²) in [6.07, 6.45) is -1.52. The molecule has 2 N–H and O–H groups in total. The van der Waals surface area contributed by atoms with Gasteiger partial charge in [0.05, 0.1) is 12.6 Å². The monoisotopic (exact) mass is 268 g/mol. The first-order chi connectivity index (χ1) is 8.38. The Morgan fingerprint density at radius 3 is 2.78 bits per heavy atom. The highest BCUT2D eigenvalue weighted by molar-refractivity contribution is 5.82. The summed E-state index contributed by atoms with van der Waals surface area (Å²) in [5.41, 5.74) is 0. The van der Waals surface area contributed by atoms with Crippen LogP contribution in [0.25, 0.3) is 0 Å². The lowest BCUT2D eigenvalue weighted by Gasteiger charge is -2.24. The van der Waals surface area contributed by atoms with Gasteiger partial charge in [0.1, 0.15) is 6.61 Å². The van der Waals surface area contributed by atoms with Crippen molar-refractivity contribution in [3.05, 3.63) is 0 Å². The fourth-order valence-electron chi connectivity index (χ4n) is 1.81. The van der Waals surface area contributed by atoms with Gasteiger partial charge in [0.2, 0.25) is 5.91 Å². The lowest BCUT2D eigenvalue weighted by molar-refractivity contribution is -0.175. The van der Waals surface area contributed by atoms with Crippen molar-refractivity contribution in [2.45, 2.75) is 44.4 Å². The van der Waals surface area contributed by atoms with Crippen molar-refractivity contribution in [2.75, 3.05) is 19.8 Å². The van der Waals surface area contributed by atoms with E-state index >= 15 is 0 Å². The van der Waals surface area contributed by atoms with Crippen LogP contribution >= 0.6 is 0 Å². The molecule has 1 amide bonds. The second-order valence-electron chi connectivity index (χ2n) is 4.54. The van der Waals surface area contributed by atoms with Crippen molar-refractivity contribution in [1.29, 1.82) is 0 Å². The van der Waals surface area contributed by atoms with Crippen LogP contribution in [0.2, 0.25) is 0 Å². The Kier molecular flexibility index (Phi) is 5.87. The molecule has 0 bridgehead atoms. The maximum atomic E-state index is 11.8. The molecule has 0 aliphatic carbocycles. The van der Waals surface area contributed by atoms with Gasteiger partial charge in [-0.2, -0.15) is 13.2 Å². The normalized spacial score (nSPS) is 22.6. The SMILES string of the molecule is CC(COCC(F)(F)F)NC(=O)[C@@H]1CCCCN1. The summed E-state index contributed by atoms with van der Waals surface area (Å²) >= 11 is 0. The van der Waals surface area contributed by atoms with E-state index < -0.39 is 18.8 Å². The number of carbonyl (C=O) groups is 1. The van der Waals surface area contributed by atoms with Crippen molar-refractivity contribution >= 4 is 5.91 Å². The van der Waals surface area contributed by atoms with E-state index in [0.29, 0.717) is 0 Å². The Labute approximate surface area is 104 Å². The van der Waals surface area contributed by atoms with Gasteiger partial charge >= 0.3 is 6.18 Å². The minimum Gasteiger partial charge on any atom is -0.370 e. The lowest BCUT2D eigenvalue weighted by Crippen LogP contribution is -2.50. The first-order valence-electron chi connectivity index (χ1n) is 6.07. The Morgan fingerprint density at radius 2 is 2.22 bits per heavy atom. The number of halogens is 3. The number of rotatable bonds is 5. The molecule has 1 unspecified atom stereocenters. The third kappa shape index (κ3) is 6.20. The summed E-state index contributed by atoms with van der Waals surface area (Å²) in [5.74, 6) is -0.169. The highest BCUT2D eigenvalue weighted by Crippen LogP contribution is 2.14. The molecule has 1 aliphatic heterocycles. The van der Waals surface area contributed by atoms with Crippen LogP contribution in [0.3, 0.4) is 0 Å². The number of hydrogen-bond acceptors (Lipinski definition) is 3. The summed E-state index contributed by atoms with van der Waals surface area (Å²) in [6.45, 7) is 1.00. The molecule has 2 atom stereocenters. The first-order valence-corrected chi connectivity index (χ1v) is 6.07. The van der Waals surface area contributed by atoms with E-state index in [0.717, 1.165) is 25.8 Å². The summed E-state index contributed by atoms with van der Waals surface area (Å²) in [7, 11) is 0. The van der Waals surface area contributed by atoms with Crippen LogP contribution in [-0.4, -0.2) is 43.9 Å². The van der Waals surface area contributed by atoms with Crippen LogP contribution in [-0.2, 0) is 9.53 Å². The number of hydrogen-bond donors (Lipinski definition) is 2. The van der Waals surface area contributed by atoms with Crippen molar-refractivity contribution in [1.82, 2.24) is 10.6 Å². The number of alkyl halides is 3. The zero-order chi connectivity index (χ0) is 13.6. The summed E-state index contributed by atoms with van der Waals surface area (Å²) in [4.78, 5) is 11.7. The average molecular weight is 268 g/mol. The van der Waals surface area contributed by atoms with Gasteiger partial charge < -0.3 is 15.4 Å². The molecule has 1 saturated heterocycles. The molecule has 0 aromatic rings. The molecule has 18 heavy (non-hydrogen) atoms. The number of amides is 1. The highest BCUT2D eigenvalue weighted by atomic mass is 19.4. The molecule has 0 aromatic heterocycles. The second-order valence-corrected chi connectivity index (χ2v) is 4.54. The van der Waals surface area contributed by atoms with Crippen LogP contribution in [0.15, 0.2) is 0 Å². The number of carbonyl (C=O) groups excluding carboxylic acids is 1. The Hall–Kier alpha value is -0.820. The Morgan fingerprint density at radius 1 is 1.50 bits per heavy atom. The molecule has 0 aromatic carbocycles. The quantitative estimate of drug-likeness (QED) is 0.788. The largest absolute Gasteiger partial charge is 0.411 e. The van der Waals surface area contributed by atoms with Crippen molar-refractivity contribution < 1.29 is 22.7 Å². The zero-order valence-corrected chi connectivity index (χ0v) is 10.3. The molecule has 0 spiro atoms. The van der Waals surface area contributed by atoms with Crippen LogP contribution < -0.4 is 10.6 Å². The fourth-order valence-corrected chi connectivity index (χ4v) is 1.81. The predicted octanol–water partition coefficient (Wildman–Crippen LogP) is 1.21. The minimum atomic E-state index is -4.32. The van der Waals surface area contributed by atoms with Crippen molar-refractivity contribution in [2.24, 2.45) is 0 Å². The lowest BCUT2D eigenvalue weighted by atomic mass is 10.0. The fraction of sp³-hybridized carbons (Fsp3) is 0.909. The van der Waals surface area contributed by atoms with Gasteiger partial charge in [-0.25, -0.2) is 0 Å². The van der Waals surface area contributed by atoms with E-state index in [1.54, 1.807) is 6.92 Å². The first kappa shape index (κ1) is 15.2. The molecule has 0 radical (unpaired) electrons. The third-order valence-corrected chi connectivity index (χ3v) is 2.65. The molecule has 1 rings (SSSR count). The van der Waals surface area contributed by atoms with E-state index in [9.17, 15) is 18.0 Å². The molecular formula is C11H19F3N2O2. The second kappa shape index (κ2) is 6.94. The van der Waals surface area contributed by atoms with Crippen molar-refractivity contribution in [3.8, 4) is 0 Å². The van der Waals surface area contributed by atoms with E-state index in [1.807, 2.05) is 0 Å². The van der Waals surface area contributed by atoms with Gasteiger partial charge in [-0.05, 0) is 26.3 Å². The topological polar surface area (TPSA) is 50.4 Å². The molecule has 1 heterocycles. The number of piperidine rings is 1. The van der Waals surface area contributed by atoms with Crippen LogP contribution in [0.5, 0.6) is 0 Å². The number of nitrogens with one attached hydrogen (secondary N) is 2. The molecular weight excluding hydrogens is 249 g/mol. The highest BCUT2D eigenvalue weighted by Gasteiger charge is 2.28.